The maximum atomic E-state index is 2.41. The molecule has 0 saturated carbocycles. The minimum Gasteiger partial charge on any atom is -0.0619 e. The zero-order valence-corrected chi connectivity index (χ0v) is 17.7. The van der Waals surface area contributed by atoms with Crippen LogP contribution in [0.2, 0.25) is 0 Å². The normalized spacial score (nSPS) is 21.5. The lowest BCUT2D eigenvalue weighted by Gasteiger charge is -2.21. The fourth-order valence-electron chi connectivity index (χ4n) is 6.75. The van der Waals surface area contributed by atoms with Gasteiger partial charge in [0, 0.05) is 17.8 Å². The van der Waals surface area contributed by atoms with Crippen LogP contribution in [-0.2, 0) is 0 Å². The van der Waals surface area contributed by atoms with Gasteiger partial charge in [0.2, 0.25) is 0 Å². The predicted octanol–water partition coefficient (Wildman–Crippen LogP) is 8.08. The topological polar surface area (TPSA) is 0 Å². The summed E-state index contributed by atoms with van der Waals surface area (Å²) >= 11 is 0. The van der Waals surface area contributed by atoms with E-state index in [4.69, 9.17) is 0 Å². The van der Waals surface area contributed by atoms with Gasteiger partial charge in [-0.25, -0.2) is 0 Å². The van der Waals surface area contributed by atoms with E-state index in [-0.39, 0.29) is 0 Å². The highest BCUT2D eigenvalue weighted by Crippen LogP contribution is 2.63. The van der Waals surface area contributed by atoms with E-state index in [2.05, 4.69) is 93.6 Å². The number of hydrogen-bond acceptors (Lipinski definition) is 0. The van der Waals surface area contributed by atoms with E-state index in [0.717, 1.165) is 0 Å². The Morgan fingerprint density at radius 1 is 0.400 bits per heavy atom. The van der Waals surface area contributed by atoms with E-state index < -0.39 is 0 Å². The first kappa shape index (κ1) is 16.7. The van der Waals surface area contributed by atoms with Crippen molar-refractivity contribution in [3.05, 3.63) is 106 Å². The molecule has 0 nitrogen and oxygen atoms in total. The van der Waals surface area contributed by atoms with Gasteiger partial charge in [-0.2, -0.15) is 0 Å². The molecule has 0 saturated heterocycles. The Morgan fingerprint density at radius 2 is 0.667 bits per heavy atom. The fourth-order valence-corrected chi connectivity index (χ4v) is 6.75. The van der Waals surface area contributed by atoms with E-state index in [1.807, 2.05) is 0 Å². The summed E-state index contributed by atoms with van der Waals surface area (Å²) in [4.78, 5) is 0. The zero-order chi connectivity index (χ0) is 20.1. The number of fused-ring (bicyclic) bond motifs is 12. The maximum Gasteiger partial charge on any atom is 0.00796 e. The molecule has 3 aliphatic carbocycles. The first-order valence-electron chi connectivity index (χ1n) is 11.2. The highest BCUT2D eigenvalue weighted by Gasteiger charge is 2.43. The molecule has 0 radical (unpaired) electrons. The van der Waals surface area contributed by atoms with Crippen molar-refractivity contribution in [2.24, 2.45) is 0 Å². The van der Waals surface area contributed by atoms with Crippen LogP contribution in [0.5, 0.6) is 0 Å². The summed E-state index contributed by atoms with van der Waals surface area (Å²) in [6.07, 6.45) is 0. The van der Waals surface area contributed by atoms with Crippen LogP contribution in [0.25, 0.3) is 33.4 Å². The lowest BCUT2D eigenvalue weighted by atomic mass is 9.81. The van der Waals surface area contributed by atoms with Crippen molar-refractivity contribution < 1.29 is 0 Å². The van der Waals surface area contributed by atoms with Gasteiger partial charge in [0.25, 0.3) is 0 Å². The molecule has 30 heavy (non-hydrogen) atoms. The van der Waals surface area contributed by atoms with Crippen molar-refractivity contribution >= 4 is 0 Å². The van der Waals surface area contributed by atoms with E-state index >= 15 is 0 Å². The third-order valence-electron chi connectivity index (χ3n) is 8.00. The Balaban J connectivity index is 1.72. The summed E-state index contributed by atoms with van der Waals surface area (Å²) in [5.74, 6) is 1.30. The Kier molecular flexibility index (Phi) is 3.06. The van der Waals surface area contributed by atoms with Gasteiger partial charge in [0.05, 0.1) is 0 Å². The van der Waals surface area contributed by atoms with Gasteiger partial charge < -0.3 is 0 Å². The molecule has 0 heteroatoms. The van der Waals surface area contributed by atoms with Crippen LogP contribution >= 0.6 is 0 Å². The first-order chi connectivity index (χ1) is 14.7. The zero-order valence-electron chi connectivity index (χ0n) is 17.7. The van der Waals surface area contributed by atoms with Gasteiger partial charge in [-0.05, 0) is 66.8 Å². The minimum absolute atomic E-state index is 0.435. The summed E-state index contributed by atoms with van der Waals surface area (Å²) < 4.78 is 0. The fraction of sp³-hybridized carbons (Fsp3) is 0.200. The third kappa shape index (κ3) is 1.76. The van der Waals surface area contributed by atoms with E-state index in [1.165, 1.54) is 50.1 Å². The SMILES string of the molecule is C[C@@H]1c2ccccc2-c2c1c1c(c3c2[C@H](C)c2ccccc2-3)[C@H](C)c2ccccc2-1. The van der Waals surface area contributed by atoms with Crippen LogP contribution in [0, 0.1) is 0 Å². The lowest BCUT2D eigenvalue weighted by molar-refractivity contribution is 0.921. The maximum absolute atomic E-state index is 2.41. The summed E-state index contributed by atoms with van der Waals surface area (Å²) in [6.45, 7) is 7.24. The standard InChI is InChI=1S/C30H24/c1-16-19-10-4-7-13-22(19)28-25(16)29-23-14-8-5-11-20(23)17(2)27(29)30-24-15-9-6-12-21(24)18(3)26(28)30/h4-18H,1-3H3/t16-,17-,18-/m1/s1. The molecule has 0 heterocycles. The van der Waals surface area contributed by atoms with Crippen molar-refractivity contribution in [1.82, 2.24) is 0 Å². The molecule has 0 fully saturated rings. The second-order valence-corrected chi connectivity index (χ2v) is 9.29. The number of hydrogen-bond donors (Lipinski definition) is 0. The van der Waals surface area contributed by atoms with E-state index in [9.17, 15) is 0 Å². The molecular weight excluding hydrogens is 360 g/mol. The van der Waals surface area contributed by atoms with Gasteiger partial charge in [0.15, 0.2) is 0 Å². The predicted molar refractivity (Wildman–Crippen MR) is 125 cm³/mol. The first-order valence-corrected chi connectivity index (χ1v) is 11.2. The van der Waals surface area contributed by atoms with Gasteiger partial charge >= 0.3 is 0 Å². The third-order valence-corrected chi connectivity index (χ3v) is 8.00. The van der Waals surface area contributed by atoms with Gasteiger partial charge in [-0.3, -0.25) is 0 Å². The van der Waals surface area contributed by atoms with Crippen LogP contribution < -0.4 is 0 Å². The van der Waals surface area contributed by atoms with Gasteiger partial charge in [-0.1, -0.05) is 93.6 Å². The molecule has 0 amide bonds. The molecule has 0 bridgehead atoms. The molecule has 0 N–H and O–H groups in total. The molecule has 7 rings (SSSR count). The Morgan fingerprint density at radius 3 is 0.967 bits per heavy atom. The van der Waals surface area contributed by atoms with Crippen LogP contribution in [0.3, 0.4) is 0 Å². The molecule has 3 aliphatic rings. The van der Waals surface area contributed by atoms with E-state index in [0.29, 0.717) is 17.8 Å². The van der Waals surface area contributed by atoms with Crippen molar-refractivity contribution in [2.45, 2.75) is 38.5 Å². The molecule has 3 atom stereocenters. The second-order valence-electron chi connectivity index (χ2n) is 9.29. The van der Waals surface area contributed by atoms with Crippen molar-refractivity contribution in [1.29, 1.82) is 0 Å². The summed E-state index contributed by atoms with van der Waals surface area (Å²) in [5, 5.41) is 0. The van der Waals surface area contributed by atoms with Crippen LogP contribution in [0.15, 0.2) is 72.8 Å². The lowest BCUT2D eigenvalue weighted by Crippen LogP contribution is -2.02. The highest BCUT2D eigenvalue weighted by molar-refractivity contribution is 6.02. The Hall–Kier alpha value is -3.12. The molecule has 0 unspecified atom stereocenters. The second kappa shape index (κ2) is 5.52. The molecule has 144 valence electrons. The summed E-state index contributed by atoms with van der Waals surface area (Å²) in [6, 6.07) is 27.3. The molecule has 4 aromatic rings. The monoisotopic (exact) mass is 384 g/mol. The van der Waals surface area contributed by atoms with Gasteiger partial charge in [-0.15, -0.1) is 0 Å². The van der Waals surface area contributed by atoms with Crippen LogP contribution in [-0.4, -0.2) is 0 Å². The summed E-state index contributed by atoms with van der Waals surface area (Å²) in [7, 11) is 0. The van der Waals surface area contributed by atoms with Crippen molar-refractivity contribution in [3.63, 3.8) is 0 Å². The Labute approximate surface area is 178 Å². The average molecular weight is 385 g/mol. The van der Waals surface area contributed by atoms with Gasteiger partial charge in [0.1, 0.15) is 0 Å². The number of rotatable bonds is 0. The average Bonchev–Trinajstić information content (AvgIpc) is 3.36. The molecular formula is C30H24. The minimum atomic E-state index is 0.435. The van der Waals surface area contributed by atoms with Crippen molar-refractivity contribution in [3.8, 4) is 33.4 Å². The smallest absolute Gasteiger partial charge is 0.00796 e. The molecule has 0 aromatic heterocycles. The Bertz CT molecular complexity index is 1200. The van der Waals surface area contributed by atoms with E-state index in [1.54, 1.807) is 16.7 Å². The largest absolute Gasteiger partial charge is 0.0619 e. The highest BCUT2D eigenvalue weighted by atomic mass is 14.5. The molecule has 4 aromatic carbocycles. The van der Waals surface area contributed by atoms with Crippen molar-refractivity contribution in [2.75, 3.05) is 0 Å². The quantitative estimate of drug-likeness (QED) is 0.287. The van der Waals surface area contributed by atoms with Crippen LogP contribution in [0.4, 0.5) is 0 Å². The van der Waals surface area contributed by atoms with Crippen LogP contribution in [0.1, 0.15) is 71.9 Å². The summed E-state index contributed by atoms with van der Waals surface area (Å²) in [5.41, 5.74) is 18.1. The molecule has 0 spiro atoms. The number of benzene rings is 4. The molecule has 0 aliphatic heterocycles.